The van der Waals surface area contributed by atoms with Crippen LogP contribution in [0, 0.1) is 0 Å². The molecule has 4 heteroatoms. The van der Waals surface area contributed by atoms with E-state index in [9.17, 15) is 0 Å². The molecule has 2 N–H and O–H groups in total. The van der Waals surface area contributed by atoms with Crippen molar-refractivity contribution in [3.63, 3.8) is 0 Å². The maximum Gasteiger partial charge on any atom is 0.197 e. The number of hydrogen-bond donors (Lipinski definition) is 1. The van der Waals surface area contributed by atoms with Crippen LogP contribution in [0.4, 0.5) is 0 Å². The molecule has 1 fully saturated rings. The first-order valence-corrected chi connectivity index (χ1v) is 6.69. The number of aromatic nitrogens is 1. The second kappa shape index (κ2) is 5.03. The number of hydrogen-bond acceptors (Lipinski definition) is 4. The van der Waals surface area contributed by atoms with Crippen LogP contribution < -0.4 is 5.73 Å². The molecule has 1 aliphatic rings. The van der Waals surface area contributed by atoms with Crippen LogP contribution >= 0.6 is 11.8 Å². The van der Waals surface area contributed by atoms with Gasteiger partial charge in [-0.3, -0.25) is 0 Å². The van der Waals surface area contributed by atoms with Crippen molar-refractivity contribution in [2.24, 2.45) is 5.73 Å². The molecule has 2 rings (SSSR count). The van der Waals surface area contributed by atoms with E-state index in [2.05, 4.69) is 4.98 Å². The average Bonchev–Trinajstić information content (AvgIpc) is 2.67. The zero-order valence-corrected chi connectivity index (χ0v) is 9.93. The minimum absolute atomic E-state index is 0.146. The topological polar surface area (TPSA) is 52.0 Å². The highest BCUT2D eigenvalue weighted by molar-refractivity contribution is 7.99. The van der Waals surface area contributed by atoms with Crippen LogP contribution in [0.15, 0.2) is 10.6 Å². The van der Waals surface area contributed by atoms with Gasteiger partial charge in [0.05, 0.1) is 6.20 Å². The summed E-state index contributed by atoms with van der Waals surface area (Å²) >= 11 is 2.02. The van der Waals surface area contributed by atoms with Gasteiger partial charge in [-0.25, -0.2) is 4.98 Å². The van der Waals surface area contributed by atoms with Gasteiger partial charge in [0, 0.05) is 18.4 Å². The van der Waals surface area contributed by atoms with Gasteiger partial charge in [-0.1, -0.05) is 0 Å². The predicted octanol–water partition coefficient (Wildman–Crippen LogP) is 2.17. The number of nitrogens with zero attached hydrogens (tertiary/aromatic N) is 1. The third-order valence-electron chi connectivity index (χ3n) is 2.67. The van der Waals surface area contributed by atoms with E-state index in [0.29, 0.717) is 5.92 Å². The summed E-state index contributed by atoms with van der Waals surface area (Å²) in [6, 6.07) is 0.146. The van der Waals surface area contributed by atoms with Crippen molar-refractivity contribution in [2.45, 2.75) is 38.1 Å². The van der Waals surface area contributed by atoms with Crippen molar-refractivity contribution >= 4 is 11.8 Å². The average molecular weight is 226 g/mol. The quantitative estimate of drug-likeness (QED) is 0.858. The van der Waals surface area contributed by atoms with E-state index < -0.39 is 0 Å². The van der Waals surface area contributed by atoms with E-state index in [1.807, 2.05) is 24.9 Å². The Hall–Kier alpha value is -0.480. The minimum atomic E-state index is 0.146. The molecule has 15 heavy (non-hydrogen) atoms. The molecule has 0 amide bonds. The summed E-state index contributed by atoms with van der Waals surface area (Å²) in [5, 5.41) is 0. The highest BCUT2D eigenvalue weighted by Gasteiger charge is 2.20. The van der Waals surface area contributed by atoms with Gasteiger partial charge in [0.2, 0.25) is 0 Å². The van der Waals surface area contributed by atoms with Gasteiger partial charge in [-0.05, 0) is 31.3 Å². The van der Waals surface area contributed by atoms with Crippen molar-refractivity contribution in [1.29, 1.82) is 0 Å². The van der Waals surface area contributed by atoms with E-state index in [-0.39, 0.29) is 6.04 Å². The summed E-state index contributed by atoms with van der Waals surface area (Å²) in [5.41, 5.74) is 5.72. The van der Waals surface area contributed by atoms with Gasteiger partial charge in [0.25, 0.3) is 0 Å². The highest BCUT2D eigenvalue weighted by atomic mass is 32.2. The third kappa shape index (κ3) is 2.98. The third-order valence-corrected chi connectivity index (χ3v) is 3.71. The fraction of sp³-hybridized carbons (Fsp3) is 0.727. The van der Waals surface area contributed by atoms with Crippen molar-refractivity contribution in [2.75, 3.05) is 11.5 Å². The van der Waals surface area contributed by atoms with Crippen LogP contribution in [0.5, 0.6) is 0 Å². The molecule has 0 bridgehead atoms. The van der Waals surface area contributed by atoms with Crippen LogP contribution in [0.3, 0.4) is 0 Å². The largest absolute Gasteiger partial charge is 0.445 e. The van der Waals surface area contributed by atoms with Crippen LogP contribution in [0.2, 0.25) is 0 Å². The lowest BCUT2D eigenvalue weighted by Gasteiger charge is -2.17. The van der Waals surface area contributed by atoms with Crippen molar-refractivity contribution in [3.05, 3.63) is 17.8 Å². The zero-order valence-electron chi connectivity index (χ0n) is 9.11. The summed E-state index contributed by atoms with van der Waals surface area (Å²) in [5.74, 6) is 4.85. The molecule has 1 atom stereocenters. The first-order valence-electron chi connectivity index (χ1n) is 5.53. The normalized spacial score (nSPS) is 20.4. The van der Waals surface area contributed by atoms with Gasteiger partial charge in [0.15, 0.2) is 5.89 Å². The first-order chi connectivity index (χ1) is 7.25. The maximum absolute atomic E-state index is 5.73. The molecule has 0 aliphatic carbocycles. The molecular formula is C11H18N2OS. The van der Waals surface area contributed by atoms with Gasteiger partial charge in [0.1, 0.15) is 5.76 Å². The molecule has 84 valence electrons. The van der Waals surface area contributed by atoms with E-state index in [1.165, 1.54) is 24.3 Å². The molecule has 1 aromatic heterocycles. The fourth-order valence-electron chi connectivity index (χ4n) is 1.87. The fourth-order valence-corrected chi connectivity index (χ4v) is 2.97. The van der Waals surface area contributed by atoms with Gasteiger partial charge in [-0.15, -0.1) is 0 Å². The molecule has 0 aromatic carbocycles. The van der Waals surface area contributed by atoms with Crippen LogP contribution in [0.25, 0.3) is 0 Å². The Morgan fingerprint density at radius 1 is 1.60 bits per heavy atom. The Labute approximate surface area is 94.8 Å². The van der Waals surface area contributed by atoms with Gasteiger partial charge < -0.3 is 10.2 Å². The lowest BCUT2D eigenvalue weighted by molar-refractivity contribution is 0.399. The standard InChI is InChI=1S/C11H18N2OS/c1-8(12)6-10-7-13-11(14-10)9-2-4-15-5-3-9/h7-9H,2-6,12H2,1H3. The van der Waals surface area contributed by atoms with E-state index >= 15 is 0 Å². The molecule has 1 saturated heterocycles. The van der Waals surface area contributed by atoms with Crippen molar-refractivity contribution in [3.8, 4) is 0 Å². The second-order valence-electron chi connectivity index (χ2n) is 4.23. The monoisotopic (exact) mass is 226 g/mol. The summed E-state index contributed by atoms with van der Waals surface area (Å²) in [4.78, 5) is 4.36. The van der Waals surface area contributed by atoms with E-state index in [4.69, 9.17) is 10.2 Å². The van der Waals surface area contributed by atoms with Gasteiger partial charge >= 0.3 is 0 Å². The van der Waals surface area contributed by atoms with Gasteiger partial charge in [-0.2, -0.15) is 11.8 Å². The smallest absolute Gasteiger partial charge is 0.197 e. The molecule has 1 unspecified atom stereocenters. The molecule has 1 aliphatic heterocycles. The summed E-state index contributed by atoms with van der Waals surface area (Å²) in [7, 11) is 0. The Kier molecular flexibility index (Phi) is 3.70. The van der Waals surface area contributed by atoms with E-state index in [0.717, 1.165) is 18.1 Å². The lowest BCUT2D eigenvalue weighted by Crippen LogP contribution is -2.17. The lowest BCUT2D eigenvalue weighted by atomic mass is 10.0. The van der Waals surface area contributed by atoms with E-state index in [1.54, 1.807) is 0 Å². The SMILES string of the molecule is CC(N)Cc1cnc(C2CCSCC2)o1. The van der Waals surface area contributed by atoms with Crippen molar-refractivity contribution in [1.82, 2.24) is 4.98 Å². The van der Waals surface area contributed by atoms with Crippen LogP contribution in [-0.2, 0) is 6.42 Å². The number of oxazole rings is 1. The van der Waals surface area contributed by atoms with Crippen LogP contribution in [0.1, 0.15) is 37.3 Å². The zero-order chi connectivity index (χ0) is 10.7. The Bertz CT molecular complexity index is 305. The first kappa shape index (κ1) is 11.0. The number of rotatable bonds is 3. The molecular weight excluding hydrogens is 208 g/mol. The summed E-state index contributed by atoms with van der Waals surface area (Å²) in [6.45, 7) is 1.99. The Balaban J connectivity index is 1.99. The van der Waals surface area contributed by atoms with Crippen molar-refractivity contribution < 1.29 is 4.42 Å². The maximum atomic E-state index is 5.73. The highest BCUT2D eigenvalue weighted by Crippen LogP contribution is 2.31. The van der Waals surface area contributed by atoms with Crippen LogP contribution in [-0.4, -0.2) is 22.5 Å². The second-order valence-corrected chi connectivity index (χ2v) is 5.46. The molecule has 3 nitrogen and oxygen atoms in total. The summed E-state index contributed by atoms with van der Waals surface area (Å²) < 4.78 is 5.73. The molecule has 0 radical (unpaired) electrons. The molecule has 2 heterocycles. The number of nitrogens with two attached hydrogens (primary N) is 1. The molecule has 0 saturated carbocycles. The Morgan fingerprint density at radius 2 is 2.33 bits per heavy atom. The summed E-state index contributed by atoms with van der Waals surface area (Å²) in [6.07, 6.45) is 5.01. The molecule has 1 aromatic rings. The minimum Gasteiger partial charge on any atom is -0.445 e. The Morgan fingerprint density at radius 3 is 3.00 bits per heavy atom. The predicted molar refractivity (Wildman–Crippen MR) is 63.2 cm³/mol. The number of thioether (sulfide) groups is 1. The molecule has 0 spiro atoms.